The standard InChI is InChI=1S/C23H22N2O3S/c1-24-29(27,28)20-10-6-16(7-11-20)8-13-23(26)25-19-9-12-22-18(15-19)14-17-4-2-3-5-21(17)22/h2-7,9-12,15,24H,8,13-14H2,1H3,(H,25,26). The van der Waals surface area contributed by atoms with Gasteiger partial charge in [0.05, 0.1) is 4.90 Å². The van der Waals surface area contributed by atoms with Gasteiger partial charge in [0.25, 0.3) is 0 Å². The summed E-state index contributed by atoms with van der Waals surface area (Å²) in [6.45, 7) is 0. The van der Waals surface area contributed by atoms with E-state index in [2.05, 4.69) is 28.2 Å². The molecule has 0 atom stereocenters. The molecule has 5 nitrogen and oxygen atoms in total. The molecular weight excluding hydrogens is 384 g/mol. The van der Waals surface area contributed by atoms with Crippen LogP contribution in [0.4, 0.5) is 5.69 Å². The lowest BCUT2D eigenvalue weighted by atomic mass is 10.1. The van der Waals surface area contributed by atoms with Gasteiger partial charge in [0.2, 0.25) is 15.9 Å². The average Bonchev–Trinajstić information content (AvgIpc) is 3.10. The smallest absolute Gasteiger partial charge is 0.240 e. The van der Waals surface area contributed by atoms with E-state index in [1.807, 2.05) is 24.3 Å². The van der Waals surface area contributed by atoms with Crippen molar-refractivity contribution in [3.63, 3.8) is 0 Å². The van der Waals surface area contributed by atoms with Crippen molar-refractivity contribution in [3.8, 4) is 11.1 Å². The van der Waals surface area contributed by atoms with Gasteiger partial charge < -0.3 is 5.32 Å². The minimum atomic E-state index is -3.44. The third-order valence-corrected chi connectivity index (χ3v) is 6.65. The molecule has 0 heterocycles. The number of fused-ring (bicyclic) bond motifs is 3. The lowest BCUT2D eigenvalue weighted by Gasteiger charge is -2.08. The predicted molar refractivity (Wildman–Crippen MR) is 114 cm³/mol. The largest absolute Gasteiger partial charge is 0.326 e. The second-order valence-corrected chi connectivity index (χ2v) is 8.99. The third kappa shape index (κ3) is 4.09. The van der Waals surface area contributed by atoms with Crippen LogP contribution >= 0.6 is 0 Å². The average molecular weight is 407 g/mol. The van der Waals surface area contributed by atoms with E-state index in [1.54, 1.807) is 24.3 Å². The molecule has 0 radical (unpaired) electrons. The van der Waals surface area contributed by atoms with E-state index in [0.29, 0.717) is 12.8 Å². The SMILES string of the molecule is CNS(=O)(=O)c1ccc(CCC(=O)Nc2ccc3c(c2)Cc2ccccc2-3)cc1. The molecule has 0 unspecified atom stereocenters. The summed E-state index contributed by atoms with van der Waals surface area (Å²) in [6, 6.07) is 21.0. The second kappa shape index (κ2) is 7.81. The van der Waals surface area contributed by atoms with Gasteiger partial charge in [0, 0.05) is 12.1 Å². The van der Waals surface area contributed by atoms with E-state index in [-0.39, 0.29) is 10.8 Å². The number of nitrogens with one attached hydrogen (secondary N) is 2. The number of aryl methyl sites for hydroxylation is 1. The van der Waals surface area contributed by atoms with Gasteiger partial charge in [0.15, 0.2) is 0 Å². The van der Waals surface area contributed by atoms with Gasteiger partial charge in [-0.05, 0) is 72.0 Å². The number of carbonyl (C=O) groups excluding carboxylic acids is 1. The molecule has 4 rings (SSSR count). The summed E-state index contributed by atoms with van der Waals surface area (Å²) >= 11 is 0. The molecule has 0 fully saturated rings. The summed E-state index contributed by atoms with van der Waals surface area (Å²) in [6.07, 6.45) is 1.76. The molecule has 3 aromatic rings. The van der Waals surface area contributed by atoms with Crippen LogP contribution in [-0.2, 0) is 27.7 Å². The molecular formula is C23H22N2O3S. The highest BCUT2D eigenvalue weighted by molar-refractivity contribution is 7.89. The van der Waals surface area contributed by atoms with Crippen LogP contribution in [0.2, 0.25) is 0 Å². The third-order valence-electron chi connectivity index (χ3n) is 5.22. The Kier molecular flexibility index (Phi) is 5.22. The van der Waals surface area contributed by atoms with Crippen molar-refractivity contribution >= 4 is 21.6 Å². The maximum atomic E-state index is 12.4. The summed E-state index contributed by atoms with van der Waals surface area (Å²) in [4.78, 5) is 12.6. The minimum Gasteiger partial charge on any atom is -0.326 e. The van der Waals surface area contributed by atoms with Crippen molar-refractivity contribution in [2.45, 2.75) is 24.2 Å². The van der Waals surface area contributed by atoms with Gasteiger partial charge in [-0.2, -0.15) is 0 Å². The number of hydrogen-bond acceptors (Lipinski definition) is 3. The Morgan fingerprint density at radius 1 is 0.931 bits per heavy atom. The zero-order valence-electron chi connectivity index (χ0n) is 16.1. The number of anilines is 1. The van der Waals surface area contributed by atoms with Crippen LogP contribution in [-0.4, -0.2) is 21.4 Å². The van der Waals surface area contributed by atoms with E-state index < -0.39 is 10.0 Å². The predicted octanol–water partition coefficient (Wildman–Crippen LogP) is 3.74. The summed E-state index contributed by atoms with van der Waals surface area (Å²) in [5.41, 5.74) is 6.76. The van der Waals surface area contributed by atoms with Gasteiger partial charge in [-0.3, -0.25) is 4.79 Å². The normalized spacial score (nSPS) is 12.3. The van der Waals surface area contributed by atoms with Crippen molar-refractivity contribution in [2.75, 3.05) is 12.4 Å². The molecule has 2 N–H and O–H groups in total. The Morgan fingerprint density at radius 3 is 2.41 bits per heavy atom. The molecule has 0 spiro atoms. The first-order chi connectivity index (χ1) is 14.0. The Labute approximate surface area is 170 Å². The molecule has 0 saturated heterocycles. The first kappa shape index (κ1) is 19.4. The minimum absolute atomic E-state index is 0.0626. The fraction of sp³-hybridized carbons (Fsp3) is 0.174. The number of rotatable bonds is 6. The Bertz CT molecular complexity index is 1170. The lowest BCUT2D eigenvalue weighted by molar-refractivity contribution is -0.116. The van der Waals surface area contributed by atoms with Gasteiger partial charge in [0.1, 0.15) is 0 Å². The highest BCUT2D eigenvalue weighted by Gasteiger charge is 2.18. The quantitative estimate of drug-likeness (QED) is 0.512. The molecule has 0 aliphatic heterocycles. The highest BCUT2D eigenvalue weighted by atomic mass is 32.2. The topological polar surface area (TPSA) is 75.3 Å². The van der Waals surface area contributed by atoms with Gasteiger partial charge in [-0.1, -0.05) is 42.5 Å². The molecule has 1 amide bonds. The first-order valence-electron chi connectivity index (χ1n) is 9.50. The van der Waals surface area contributed by atoms with Gasteiger partial charge >= 0.3 is 0 Å². The van der Waals surface area contributed by atoms with Crippen molar-refractivity contribution in [3.05, 3.63) is 83.4 Å². The van der Waals surface area contributed by atoms with E-state index >= 15 is 0 Å². The molecule has 148 valence electrons. The first-order valence-corrected chi connectivity index (χ1v) is 11.0. The number of sulfonamides is 1. The van der Waals surface area contributed by atoms with Crippen LogP contribution in [0.25, 0.3) is 11.1 Å². The highest BCUT2D eigenvalue weighted by Crippen LogP contribution is 2.37. The van der Waals surface area contributed by atoms with Crippen molar-refractivity contribution < 1.29 is 13.2 Å². The van der Waals surface area contributed by atoms with Crippen molar-refractivity contribution in [2.24, 2.45) is 0 Å². The summed E-state index contributed by atoms with van der Waals surface area (Å²) < 4.78 is 25.8. The zero-order valence-corrected chi connectivity index (χ0v) is 16.9. The van der Waals surface area contributed by atoms with Gasteiger partial charge in [-0.25, -0.2) is 13.1 Å². The lowest BCUT2D eigenvalue weighted by Crippen LogP contribution is -2.18. The Hall–Kier alpha value is -2.96. The fourth-order valence-corrected chi connectivity index (χ4v) is 4.39. The van der Waals surface area contributed by atoms with Crippen LogP contribution in [0.1, 0.15) is 23.1 Å². The van der Waals surface area contributed by atoms with Crippen LogP contribution < -0.4 is 10.0 Å². The van der Waals surface area contributed by atoms with Crippen LogP contribution in [0.3, 0.4) is 0 Å². The summed E-state index contributed by atoms with van der Waals surface area (Å²) in [5.74, 6) is -0.0626. The molecule has 0 saturated carbocycles. The molecule has 6 heteroatoms. The van der Waals surface area contributed by atoms with Crippen molar-refractivity contribution in [1.82, 2.24) is 4.72 Å². The fourth-order valence-electron chi connectivity index (χ4n) is 3.66. The zero-order chi connectivity index (χ0) is 20.4. The van der Waals surface area contributed by atoms with E-state index in [4.69, 9.17) is 0 Å². The van der Waals surface area contributed by atoms with E-state index in [9.17, 15) is 13.2 Å². The summed E-state index contributed by atoms with van der Waals surface area (Å²) in [7, 11) is -2.06. The van der Waals surface area contributed by atoms with Crippen molar-refractivity contribution in [1.29, 1.82) is 0 Å². The molecule has 29 heavy (non-hydrogen) atoms. The van der Waals surface area contributed by atoms with Crippen LogP contribution in [0.5, 0.6) is 0 Å². The molecule has 1 aliphatic carbocycles. The number of benzene rings is 3. The number of carbonyl (C=O) groups is 1. The molecule has 0 aromatic heterocycles. The maximum absolute atomic E-state index is 12.4. The van der Waals surface area contributed by atoms with Crippen LogP contribution in [0.15, 0.2) is 71.6 Å². The van der Waals surface area contributed by atoms with E-state index in [1.165, 1.54) is 29.3 Å². The van der Waals surface area contributed by atoms with Crippen LogP contribution in [0, 0.1) is 0 Å². The van der Waals surface area contributed by atoms with Gasteiger partial charge in [-0.15, -0.1) is 0 Å². The monoisotopic (exact) mass is 406 g/mol. The molecule has 1 aliphatic rings. The second-order valence-electron chi connectivity index (χ2n) is 7.11. The Balaban J connectivity index is 1.37. The number of hydrogen-bond donors (Lipinski definition) is 2. The van der Waals surface area contributed by atoms with E-state index in [0.717, 1.165) is 17.7 Å². The molecule has 0 bridgehead atoms. The maximum Gasteiger partial charge on any atom is 0.240 e. The number of amides is 1. The Morgan fingerprint density at radius 2 is 1.66 bits per heavy atom. The summed E-state index contributed by atoms with van der Waals surface area (Å²) in [5, 5.41) is 2.97. The molecule has 3 aromatic carbocycles.